The summed E-state index contributed by atoms with van der Waals surface area (Å²) in [6, 6.07) is 3.98. The molecule has 0 saturated heterocycles. The van der Waals surface area contributed by atoms with Crippen LogP contribution in [-0.2, 0) is 0 Å². The lowest BCUT2D eigenvalue weighted by Crippen LogP contribution is -2.01. The molecule has 0 aliphatic rings. The highest BCUT2D eigenvalue weighted by molar-refractivity contribution is 5.45. The molecule has 78 valence electrons. The molecule has 1 N–H and O–H groups in total. The zero-order valence-electron chi connectivity index (χ0n) is 8.94. The van der Waals surface area contributed by atoms with Crippen LogP contribution < -0.4 is 5.32 Å². The van der Waals surface area contributed by atoms with Crippen LogP contribution in [0.2, 0.25) is 0 Å². The van der Waals surface area contributed by atoms with Crippen LogP contribution in [0.5, 0.6) is 0 Å². The first kappa shape index (κ1) is 9.71. The van der Waals surface area contributed by atoms with Crippen LogP contribution in [-0.4, -0.2) is 21.1 Å². The highest BCUT2D eigenvalue weighted by Crippen LogP contribution is 2.13. The van der Waals surface area contributed by atoms with Gasteiger partial charge < -0.3 is 9.88 Å². The summed E-state index contributed by atoms with van der Waals surface area (Å²) >= 11 is 0. The lowest BCUT2D eigenvalue weighted by Gasteiger charge is -2.07. The number of anilines is 1. The zero-order valence-corrected chi connectivity index (χ0v) is 8.94. The first-order valence-corrected chi connectivity index (χ1v) is 5.01. The van der Waals surface area contributed by atoms with E-state index in [2.05, 4.69) is 22.2 Å². The SMILES string of the molecule is CCNc1cc(-n2ccnc2C)ccn1. The van der Waals surface area contributed by atoms with E-state index in [1.165, 1.54) is 0 Å². The molecule has 0 aliphatic heterocycles. The smallest absolute Gasteiger partial charge is 0.127 e. The van der Waals surface area contributed by atoms with Crippen LogP contribution >= 0.6 is 0 Å². The molecule has 0 fully saturated rings. The molecule has 0 bridgehead atoms. The van der Waals surface area contributed by atoms with Crippen LogP contribution in [0.3, 0.4) is 0 Å². The third-order valence-corrected chi connectivity index (χ3v) is 2.21. The van der Waals surface area contributed by atoms with Gasteiger partial charge in [0.25, 0.3) is 0 Å². The van der Waals surface area contributed by atoms with Crippen molar-refractivity contribution in [3.05, 3.63) is 36.5 Å². The van der Waals surface area contributed by atoms with E-state index in [1.807, 2.05) is 29.8 Å². The molecule has 0 atom stereocenters. The Morgan fingerprint density at radius 1 is 1.33 bits per heavy atom. The Morgan fingerprint density at radius 3 is 2.87 bits per heavy atom. The van der Waals surface area contributed by atoms with E-state index in [9.17, 15) is 0 Å². The van der Waals surface area contributed by atoms with E-state index in [0.29, 0.717) is 0 Å². The maximum Gasteiger partial charge on any atom is 0.127 e. The van der Waals surface area contributed by atoms with Gasteiger partial charge in [-0.3, -0.25) is 0 Å². The number of hydrogen-bond donors (Lipinski definition) is 1. The number of nitrogens with zero attached hydrogens (tertiary/aromatic N) is 3. The van der Waals surface area contributed by atoms with Gasteiger partial charge in [0.15, 0.2) is 0 Å². The molecule has 2 heterocycles. The third kappa shape index (κ3) is 1.98. The Hall–Kier alpha value is -1.84. The molecular weight excluding hydrogens is 188 g/mol. The van der Waals surface area contributed by atoms with Gasteiger partial charge in [0.05, 0.1) is 5.69 Å². The van der Waals surface area contributed by atoms with Crippen molar-refractivity contribution in [2.75, 3.05) is 11.9 Å². The second-order valence-corrected chi connectivity index (χ2v) is 3.27. The van der Waals surface area contributed by atoms with E-state index in [0.717, 1.165) is 23.9 Å². The van der Waals surface area contributed by atoms with E-state index >= 15 is 0 Å². The molecule has 4 heteroatoms. The van der Waals surface area contributed by atoms with Gasteiger partial charge in [-0.2, -0.15) is 0 Å². The Balaban J connectivity index is 2.37. The summed E-state index contributed by atoms with van der Waals surface area (Å²) in [5, 5.41) is 3.18. The highest BCUT2D eigenvalue weighted by atomic mass is 15.1. The number of rotatable bonds is 3. The van der Waals surface area contributed by atoms with Gasteiger partial charge in [-0.1, -0.05) is 0 Å². The molecule has 15 heavy (non-hydrogen) atoms. The molecule has 2 aromatic rings. The number of aromatic nitrogens is 3. The van der Waals surface area contributed by atoms with Gasteiger partial charge in [0.2, 0.25) is 0 Å². The summed E-state index contributed by atoms with van der Waals surface area (Å²) in [5.41, 5.74) is 1.08. The van der Waals surface area contributed by atoms with Crippen molar-refractivity contribution >= 4 is 5.82 Å². The minimum atomic E-state index is 0.874. The quantitative estimate of drug-likeness (QED) is 0.827. The van der Waals surface area contributed by atoms with Gasteiger partial charge in [-0.05, 0) is 19.9 Å². The van der Waals surface area contributed by atoms with Crippen LogP contribution in [0.1, 0.15) is 12.7 Å². The van der Waals surface area contributed by atoms with Gasteiger partial charge in [0.1, 0.15) is 11.6 Å². The molecule has 0 spiro atoms. The normalized spacial score (nSPS) is 10.3. The van der Waals surface area contributed by atoms with Crippen molar-refractivity contribution in [1.29, 1.82) is 0 Å². The van der Waals surface area contributed by atoms with Crippen molar-refractivity contribution in [3.63, 3.8) is 0 Å². The summed E-state index contributed by atoms with van der Waals surface area (Å²) in [5.74, 6) is 1.87. The molecule has 4 nitrogen and oxygen atoms in total. The third-order valence-electron chi connectivity index (χ3n) is 2.21. The van der Waals surface area contributed by atoms with E-state index in [1.54, 1.807) is 12.4 Å². The number of aryl methyl sites for hydroxylation is 1. The van der Waals surface area contributed by atoms with Gasteiger partial charge in [0, 0.05) is 31.2 Å². The van der Waals surface area contributed by atoms with E-state index < -0.39 is 0 Å². The molecule has 0 aliphatic carbocycles. The van der Waals surface area contributed by atoms with Crippen molar-refractivity contribution in [1.82, 2.24) is 14.5 Å². The number of hydrogen-bond acceptors (Lipinski definition) is 3. The predicted octanol–water partition coefficient (Wildman–Crippen LogP) is 2.01. The standard InChI is InChI=1S/C11H14N4/c1-3-12-11-8-10(4-5-14-11)15-7-6-13-9(15)2/h4-8H,3H2,1-2H3,(H,12,14). The maximum atomic E-state index is 4.22. The predicted molar refractivity (Wildman–Crippen MR) is 60.3 cm³/mol. The lowest BCUT2D eigenvalue weighted by molar-refractivity contribution is 0.969. The van der Waals surface area contributed by atoms with E-state index in [-0.39, 0.29) is 0 Å². The summed E-state index contributed by atoms with van der Waals surface area (Å²) in [7, 11) is 0. The van der Waals surface area contributed by atoms with Crippen molar-refractivity contribution in [2.24, 2.45) is 0 Å². The minimum absolute atomic E-state index is 0.874. The molecule has 0 saturated carbocycles. The average molecular weight is 202 g/mol. The van der Waals surface area contributed by atoms with Crippen LogP contribution in [0.4, 0.5) is 5.82 Å². The lowest BCUT2D eigenvalue weighted by atomic mass is 10.3. The molecule has 0 amide bonds. The van der Waals surface area contributed by atoms with Crippen molar-refractivity contribution < 1.29 is 0 Å². The summed E-state index contributed by atoms with van der Waals surface area (Å²) in [4.78, 5) is 8.41. The summed E-state index contributed by atoms with van der Waals surface area (Å²) < 4.78 is 2.03. The number of nitrogens with one attached hydrogen (secondary N) is 1. The Labute approximate surface area is 89.0 Å². The highest BCUT2D eigenvalue weighted by Gasteiger charge is 2.01. The second-order valence-electron chi connectivity index (χ2n) is 3.27. The Morgan fingerprint density at radius 2 is 2.20 bits per heavy atom. The van der Waals surface area contributed by atoms with Gasteiger partial charge in [-0.25, -0.2) is 9.97 Å². The van der Waals surface area contributed by atoms with Crippen molar-refractivity contribution in [2.45, 2.75) is 13.8 Å². The Bertz CT molecular complexity index is 447. The van der Waals surface area contributed by atoms with Gasteiger partial charge >= 0.3 is 0 Å². The molecule has 0 unspecified atom stereocenters. The fourth-order valence-electron chi connectivity index (χ4n) is 1.50. The fourth-order valence-corrected chi connectivity index (χ4v) is 1.50. The second kappa shape index (κ2) is 4.13. The Kier molecular flexibility index (Phi) is 2.67. The average Bonchev–Trinajstić information content (AvgIpc) is 2.65. The monoisotopic (exact) mass is 202 g/mol. The molecule has 2 rings (SSSR count). The molecule has 0 radical (unpaired) electrons. The van der Waals surface area contributed by atoms with E-state index in [4.69, 9.17) is 0 Å². The molecule has 0 aromatic carbocycles. The maximum absolute atomic E-state index is 4.22. The minimum Gasteiger partial charge on any atom is -0.370 e. The number of pyridine rings is 1. The first-order chi connectivity index (χ1) is 7.31. The topological polar surface area (TPSA) is 42.7 Å². The van der Waals surface area contributed by atoms with Crippen LogP contribution in [0, 0.1) is 6.92 Å². The van der Waals surface area contributed by atoms with Gasteiger partial charge in [-0.15, -0.1) is 0 Å². The summed E-state index contributed by atoms with van der Waals surface area (Å²) in [6.07, 6.45) is 5.54. The molecule has 2 aromatic heterocycles. The largest absolute Gasteiger partial charge is 0.370 e. The summed E-state index contributed by atoms with van der Waals surface area (Å²) in [6.45, 7) is 4.91. The zero-order chi connectivity index (χ0) is 10.7. The fraction of sp³-hybridized carbons (Fsp3) is 0.273. The van der Waals surface area contributed by atoms with Crippen LogP contribution in [0.15, 0.2) is 30.7 Å². The first-order valence-electron chi connectivity index (χ1n) is 5.01. The number of imidazole rings is 1. The van der Waals surface area contributed by atoms with Crippen LogP contribution in [0.25, 0.3) is 5.69 Å². The van der Waals surface area contributed by atoms with Crippen molar-refractivity contribution in [3.8, 4) is 5.69 Å². The molecular formula is C11H14N4.